The fraction of sp³-hybridized carbons (Fsp3) is 0.500. The van der Waals surface area contributed by atoms with Crippen LogP contribution in [0.1, 0.15) is 19.9 Å². The lowest BCUT2D eigenvalue weighted by molar-refractivity contribution is -0.119. The zero-order valence-electron chi connectivity index (χ0n) is 13.7. The van der Waals surface area contributed by atoms with E-state index in [9.17, 15) is 9.59 Å². The van der Waals surface area contributed by atoms with E-state index in [1.165, 1.54) is 4.57 Å². The molecule has 1 saturated heterocycles. The Hall–Kier alpha value is -2.48. The molecule has 24 heavy (non-hydrogen) atoms. The van der Waals surface area contributed by atoms with Gasteiger partial charge in [-0.05, 0) is 12.0 Å². The van der Waals surface area contributed by atoms with Crippen molar-refractivity contribution in [2.24, 2.45) is 5.92 Å². The maximum atomic E-state index is 12.5. The maximum absolute atomic E-state index is 12.5. The van der Waals surface area contributed by atoms with Gasteiger partial charge in [-0.2, -0.15) is 4.98 Å². The number of ether oxygens (including phenoxy) is 1. The topological polar surface area (TPSA) is 89.4 Å². The zero-order valence-corrected chi connectivity index (χ0v) is 13.7. The third kappa shape index (κ3) is 2.25. The van der Waals surface area contributed by atoms with Crippen LogP contribution in [0, 0.1) is 5.92 Å². The Labute approximate surface area is 138 Å². The number of rotatable bonds is 2. The van der Waals surface area contributed by atoms with Crippen LogP contribution in [-0.4, -0.2) is 46.7 Å². The van der Waals surface area contributed by atoms with Crippen molar-refractivity contribution in [1.29, 1.82) is 0 Å². The predicted molar refractivity (Wildman–Crippen MR) is 89.3 cm³/mol. The molecule has 2 aromatic heterocycles. The van der Waals surface area contributed by atoms with Gasteiger partial charge in [0, 0.05) is 13.1 Å². The second-order valence-corrected chi connectivity index (χ2v) is 6.45. The smallest absolute Gasteiger partial charge is 0.350 e. The van der Waals surface area contributed by atoms with Crippen molar-refractivity contribution in [3.8, 4) is 0 Å². The summed E-state index contributed by atoms with van der Waals surface area (Å²) >= 11 is 0. The molecule has 0 saturated carbocycles. The maximum Gasteiger partial charge on any atom is 0.350 e. The van der Waals surface area contributed by atoms with Gasteiger partial charge in [-0.25, -0.2) is 9.78 Å². The minimum absolute atomic E-state index is 0.00387. The monoisotopic (exact) mass is 329 g/mol. The zero-order chi connectivity index (χ0) is 16.8. The van der Waals surface area contributed by atoms with Crippen molar-refractivity contribution in [3.63, 3.8) is 0 Å². The number of anilines is 2. The highest BCUT2D eigenvalue weighted by Gasteiger charge is 2.35. The summed E-state index contributed by atoms with van der Waals surface area (Å²) in [7, 11) is 0. The molecule has 1 unspecified atom stereocenters. The largest absolute Gasteiger partial charge is 0.378 e. The fourth-order valence-corrected chi connectivity index (χ4v) is 3.36. The second-order valence-electron chi connectivity index (χ2n) is 6.45. The van der Waals surface area contributed by atoms with Crippen LogP contribution in [0.5, 0.6) is 0 Å². The molecule has 8 nitrogen and oxygen atoms in total. The van der Waals surface area contributed by atoms with Crippen LogP contribution >= 0.6 is 0 Å². The summed E-state index contributed by atoms with van der Waals surface area (Å²) in [6, 6.07) is 1.32. The van der Waals surface area contributed by atoms with E-state index < -0.39 is 11.7 Å². The first-order valence-corrected chi connectivity index (χ1v) is 8.12. The summed E-state index contributed by atoms with van der Waals surface area (Å²) in [4.78, 5) is 35.5. The highest BCUT2D eigenvalue weighted by molar-refractivity contribution is 6.03. The van der Waals surface area contributed by atoms with Crippen molar-refractivity contribution in [1.82, 2.24) is 14.5 Å². The fourth-order valence-electron chi connectivity index (χ4n) is 3.36. The van der Waals surface area contributed by atoms with Gasteiger partial charge in [0.1, 0.15) is 22.9 Å². The molecule has 0 radical (unpaired) electrons. The molecule has 2 aliphatic heterocycles. The molecule has 2 aliphatic rings. The molecule has 1 fully saturated rings. The van der Waals surface area contributed by atoms with Gasteiger partial charge < -0.3 is 15.0 Å². The van der Waals surface area contributed by atoms with E-state index >= 15 is 0 Å². The molecule has 0 aromatic carbocycles. The molecule has 4 heterocycles. The van der Waals surface area contributed by atoms with E-state index in [0.717, 1.165) is 18.8 Å². The van der Waals surface area contributed by atoms with E-state index in [1.54, 1.807) is 6.20 Å². The molecule has 2 aromatic rings. The Bertz CT molecular complexity index is 870. The third-order valence-corrected chi connectivity index (χ3v) is 4.54. The molecule has 8 heteroatoms. The minimum Gasteiger partial charge on any atom is -0.378 e. The van der Waals surface area contributed by atoms with Crippen molar-refractivity contribution in [3.05, 3.63) is 22.7 Å². The average molecular weight is 329 g/mol. The first-order valence-electron chi connectivity index (χ1n) is 8.12. The molecule has 126 valence electrons. The summed E-state index contributed by atoms with van der Waals surface area (Å²) in [5, 5.41) is 2.80. The van der Waals surface area contributed by atoms with Gasteiger partial charge >= 0.3 is 5.69 Å². The first-order chi connectivity index (χ1) is 11.6. The number of hydrogen-bond donors (Lipinski definition) is 1. The first kappa shape index (κ1) is 15.1. The van der Waals surface area contributed by atoms with Crippen molar-refractivity contribution < 1.29 is 9.53 Å². The van der Waals surface area contributed by atoms with Crippen LogP contribution in [0.4, 0.5) is 11.5 Å². The highest BCUT2D eigenvalue weighted by Crippen LogP contribution is 2.32. The van der Waals surface area contributed by atoms with Gasteiger partial charge in [0.05, 0.1) is 25.1 Å². The van der Waals surface area contributed by atoms with Gasteiger partial charge in [0.2, 0.25) is 5.91 Å². The van der Waals surface area contributed by atoms with Gasteiger partial charge in [-0.3, -0.25) is 9.36 Å². The van der Waals surface area contributed by atoms with E-state index in [0.29, 0.717) is 30.1 Å². The van der Waals surface area contributed by atoms with Crippen LogP contribution in [0.25, 0.3) is 11.0 Å². The van der Waals surface area contributed by atoms with Gasteiger partial charge in [0.15, 0.2) is 0 Å². The molecule has 0 spiro atoms. The molecular formula is C16H19N5O3. The minimum atomic E-state index is -0.537. The Morgan fingerprint density at radius 2 is 2.04 bits per heavy atom. The quantitative estimate of drug-likeness (QED) is 0.876. The molecule has 0 bridgehead atoms. The van der Waals surface area contributed by atoms with E-state index in [4.69, 9.17) is 4.74 Å². The molecule has 4 rings (SSSR count). The van der Waals surface area contributed by atoms with Crippen LogP contribution in [0.15, 0.2) is 17.1 Å². The van der Waals surface area contributed by atoms with Crippen LogP contribution in [0.3, 0.4) is 0 Å². The van der Waals surface area contributed by atoms with E-state index in [-0.39, 0.29) is 11.8 Å². The number of hydrogen-bond acceptors (Lipinski definition) is 6. The highest BCUT2D eigenvalue weighted by atomic mass is 16.5. The second kappa shape index (κ2) is 5.55. The molecule has 0 aliphatic carbocycles. The molecule has 1 atom stereocenters. The molecule has 1 amide bonds. The lowest BCUT2D eigenvalue weighted by atomic mass is 10.0. The number of carbonyl (C=O) groups is 1. The summed E-state index contributed by atoms with van der Waals surface area (Å²) in [6.07, 6.45) is 1.76. The third-order valence-electron chi connectivity index (χ3n) is 4.54. The van der Waals surface area contributed by atoms with E-state index in [2.05, 4.69) is 20.2 Å². The van der Waals surface area contributed by atoms with Crippen LogP contribution in [0.2, 0.25) is 0 Å². The Kier molecular flexibility index (Phi) is 3.49. The number of pyridine rings is 1. The predicted octanol–water partition coefficient (Wildman–Crippen LogP) is 0.777. The summed E-state index contributed by atoms with van der Waals surface area (Å²) in [6.45, 7) is 6.72. The number of carbonyl (C=O) groups excluding carboxylic acids is 1. The standard InChI is InChI=1S/C16H19N5O3/c1-9(2)13-15(22)19-14-12-11(18-16(23)21(13)14)7-10(8-17-12)20-3-5-24-6-4-20/h7-9,13H,3-6H2,1-2H3,(H,19,22). The number of morpholine rings is 1. The summed E-state index contributed by atoms with van der Waals surface area (Å²) < 4.78 is 6.78. The number of amides is 1. The Balaban J connectivity index is 1.84. The Morgan fingerprint density at radius 3 is 2.75 bits per heavy atom. The number of nitrogens with one attached hydrogen (secondary N) is 1. The number of fused-ring (bicyclic) bond motifs is 3. The lowest BCUT2D eigenvalue weighted by Gasteiger charge is -2.28. The normalized spacial score (nSPS) is 20.5. The van der Waals surface area contributed by atoms with Crippen molar-refractivity contribution in [2.45, 2.75) is 19.9 Å². The average Bonchev–Trinajstić information content (AvgIpc) is 2.93. The number of nitrogens with zero attached hydrogens (tertiary/aromatic N) is 4. The molecular weight excluding hydrogens is 310 g/mol. The van der Waals surface area contributed by atoms with Crippen molar-refractivity contribution in [2.75, 3.05) is 36.5 Å². The van der Waals surface area contributed by atoms with Gasteiger partial charge in [-0.15, -0.1) is 0 Å². The van der Waals surface area contributed by atoms with Gasteiger partial charge in [-0.1, -0.05) is 13.8 Å². The SMILES string of the molecule is CC(C)C1C(=O)Nc2c3ncc(N4CCOCC4)cc3nc(=O)n21. The van der Waals surface area contributed by atoms with Gasteiger partial charge in [0.25, 0.3) is 0 Å². The van der Waals surface area contributed by atoms with E-state index in [1.807, 2.05) is 19.9 Å². The number of aromatic nitrogens is 3. The Morgan fingerprint density at radius 1 is 1.29 bits per heavy atom. The van der Waals surface area contributed by atoms with Crippen molar-refractivity contribution >= 4 is 28.4 Å². The van der Waals surface area contributed by atoms with Crippen LogP contribution < -0.4 is 15.9 Å². The summed E-state index contributed by atoms with van der Waals surface area (Å²) in [5.74, 6) is 0.258. The molecule has 1 N–H and O–H groups in total. The summed E-state index contributed by atoms with van der Waals surface area (Å²) in [5.41, 5.74) is 1.53. The lowest BCUT2D eigenvalue weighted by Crippen LogP contribution is -2.36. The van der Waals surface area contributed by atoms with Crippen LogP contribution in [-0.2, 0) is 9.53 Å².